The minimum atomic E-state index is -4.45. The van der Waals surface area contributed by atoms with E-state index in [9.17, 15) is 18.0 Å². The van der Waals surface area contributed by atoms with Crippen LogP contribution in [0.5, 0.6) is 0 Å². The molecule has 0 saturated heterocycles. The molecular formula is C16H17F3N2OS. The van der Waals surface area contributed by atoms with Crippen molar-refractivity contribution in [1.82, 2.24) is 4.98 Å². The maximum Gasteiger partial charge on any atom is 0.418 e. The first-order valence-electron chi connectivity index (χ1n) is 7.70. The smallest absolute Gasteiger partial charge is 0.302 e. The predicted molar refractivity (Wildman–Crippen MR) is 84.4 cm³/mol. The van der Waals surface area contributed by atoms with Gasteiger partial charge in [-0.1, -0.05) is 36.7 Å². The van der Waals surface area contributed by atoms with Gasteiger partial charge in [0, 0.05) is 6.42 Å². The van der Waals surface area contributed by atoms with E-state index in [4.69, 9.17) is 0 Å². The molecule has 3 rings (SSSR count). The highest BCUT2D eigenvalue weighted by atomic mass is 32.1. The second-order valence-electron chi connectivity index (χ2n) is 5.93. The summed E-state index contributed by atoms with van der Waals surface area (Å²) in [6, 6.07) is 3.95. The SMILES string of the molecule is O=C(CC1CCCCC1)Nc1nc2c(C(F)(F)F)cccc2s1. The van der Waals surface area contributed by atoms with Gasteiger partial charge in [-0.25, -0.2) is 4.98 Å². The zero-order valence-corrected chi connectivity index (χ0v) is 13.3. The van der Waals surface area contributed by atoms with E-state index in [0.29, 0.717) is 17.0 Å². The molecule has 0 atom stereocenters. The van der Waals surface area contributed by atoms with Crippen LogP contribution in [0.4, 0.5) is 18.3 Å². The Kier molecular flexibility index (Phi) is 4.57. The van der Waals surface area contributed by atoms with Gasteiger partial charge in [0.05, 0.1) is 15.8 Å². The number of nitrogens with one attached hydrogen (secondary N) is 1. The van der Waals surface area contributed by atoms with Crippen molar-refractivity contribution >= 4 is 32.6 Å². The Morgan fingerprint density at radius 1 is 1.26 bits per heavy atom. The summed E-state index contributed by atoms with van der Waals surface area (Å²) < 4.78 is 39.4. The molecule has 2 aromatic rings. The predicted octanol–water partition coefficient (Wildman–Crippen LogP) is 5.22. The summed E-state index contributed by atoms with van der Waals surface area (Å²) in [6.07, 6.45) is 1.58. The number of anilines is 1. The van der Waals surface area contributed by atoms with E-state index in [0.717, 1.165) is 43.1 Å². The van der Waals surface area contributed by atoms with Crippen molar-refractivity contribution < 1.29 is 18.0 Å². The zero-order chi connectivity index (χ0) is 16.4. The average molecular weight is 342 g/mol. The van der Waals surface area contributed by atoms with E-state index in [1.807, 2.05) is 0 Å². The summed E-state index contributed by atoms with van der Waals surface area (Å²) >= 11 is 1.07. The first-order valence-corrected chi connectivity index (χ1v) is 8.52. The van der Waals surface area contributed by atoms with Crippen molar-refractivity contribution in [2.45, 2.75) is 44.7 Å². The van der Waals surface area contributed by atoms with Crippen molar-refractivity contribution in [2.75, 3.05) is 5.32 Å². The molecule has 0 bridgehead atoms. The molecule has 3 nitrogen and oxygen atoms in total. The van der Waals surface area contributed by atoms with E-state index in [1.54, 1.807) is 6.07 Å². The summed E-state index contributed by atoms with van der Waals surface area (Å²) in [5.41, 5.74) is -0.864. The number of rotatable bonds is 3. The van der Waals surface area contributed by atoms with Gasteiger partial charge in [-0.3, -0.25) is 4.79 Å². The van der Waals surface area contributed by atoms with Crippen LogP contribution >= 0.6 is 11.3 Å². The lowest BCUT2D eigenvalue weighted by Crippen LogP contribution is -2.18. The van der Waals surface area contributed by atoms with Gasteiger partial charge >= 0.3 is 6.18 Å². The molecule has 1 amide bonds. The maximum absolute atomic E-state index is 13.0. The van der Waals surface area contributed by atoms with Gasteiger partial charge in [0.15, 0.2) is 5.13 Å². The maximum atomic E-state index is 13.0. The highest BCUT2D eigenvalue weighted by Crippen LogP contribution is 2.37. The number of hydrogen-bond acceptors (Lipinski definition) is 3. The Morgan fingerprint density at radius 2 is 2.00 bits per heavy atom. The zero-order valence-electron chi connectivity index (χ0n) is 12.4. The highest BCUT2D eigenvalue weighted by molar-refractivity contribution is 7.22. The minimum Gasteiger partial charge on any atom is -0.302 e. The molecular weight excluding hydrogens is 325 g/mol. The number of para-hydroxylation sites is 1. The Morgan fingerprint density at radius 3 is 2.70 bits per heavy atom. The van der Waals surface area contributed by atoms with E-state index in [1.165, 1.54) is 12.5 Å². The molecule has 1 fully saturated rings. The third kappa shape index (κ3) is 3.83. The molecule has 0 aliphatic heterocycles. The fourth-order valence-electron chi connectivity index (χ4n) is 3.05. The molecule has 1 aliphatic rings. The molecule has 1 saturated carbocycles. The number of carbonyl (C=O) groups is 1. The molecule has 124 valence electrons. The van der Waals surface area contributed by atoms with Crippen molar-refractivity contribution in [3.63, 3.8) is 0 Å². The molecule has 1 aliphatic carbocycles. The van der Waals surface area contributed by atoms with Gasteiger partial charge in [-0.15, -0.1) is 0 Å². The number of benzene rings is 1. The van der Waals surface area contributed by atoms with E-state index >= 15 is 0 Å². The number of carbonyl (C=O) groups excluding carboxylic acids is 1. The standard InChI is InChI=1S/C16H17F3N2OS/c17-16(18,19)11-7-4-8-12-14(11)21-15(23-12)20-13(22)9-10-5-2-1-3-6-10/h4,7-8,10H,1-3,5-6,9H2,(H,20,21,22). The van der Waals surface area contributed by atoms with Gasteiger partial charge in [-0.05, 0) is 30.9 Å². The topological polar surface area (TPSA) is 42.0 Å². The van der Waals surface area contributed by atoms with Crippen LogP contribution in [0.15, 0.2) is 18.2 Å². The second-order valence-corrected chi connectivity index (χ2v) is 6.96. The quantitative estimate of drug-likeness (QED) is 0.830. The number of fused-ring (bicyclic) bond motifs is 1. The summed E-state index contributed by atoms with van der Waals surface area (Å²) in [4.78, 5) is 16.1. The number of halogens is 3. The van der Waals surface area contributed by atoms with Crippen molar-refractivity contribution in [1.29, 1.82) is 0 Å². The first kappa shape index (κ1) is 16.2. The number of amides is 1. The average Bonchev–Trinajstić information content (AvgIpc) is 2.88. The van der Waals surface area contributed by atoms with E-state index in [2.05, 4.69) is 10.3 Å². The van der Waals surface area contributed by atoms with Gasteiger partial charge in [-0.2, -0.15) is 13.2 Å². The number of alkyl halides is 3. The number of thiazole rings is 1. The third-order valence-electron chi connectivity index (χ3n) is 4.17. The highest BCUT2D eigenvalue weighted by Gasteiger charge is 2.33. The Balaban J connectivity index is 1.74. The monoisotopic (exact) mass is 342 g/mol. The molecule has 1 N–H and O–H groups in total. The molecule has 0 radical (unpaired) electrons. The van der Waals surface area contributed by atoms with Gasteiger partial charge in [0.2, 0.25) is 5.91 Å². The Hall–Kier alpha value is -1.63. The lowest BCUT2D eigenvalue weighted by molar-refractivity contribution is -0.136. The summed E-state index contributed by atoms with van der Waals surface area (Å²) in [6.45, 7) is 0. The molecule has 0 unspecified atom stereocenters. The van der Waals surface area contributed by atoms with Crippen LogP contribution in [0.1, 0.15) is 44.1 Å². The van der Waals surface area contributed by atoms with E-state index in [-0.39, 0.29) is 16.6 Å². The van der Waals surface area contributed by atoms with Gasteiger partial charge in [0.25, 0.3) is 0 Å². The molecule has 1 aromatic carbocycles. The van der Waals surface area contributed by atoms with Gasteiger partial charge in [0.1, 0.15) is 0 Å². The number of aromatic nitrogens is 1. The summed E-state index contributed by atoms with van der Waals surface area (Å²) in [5, 5.41) is 2.89. The van der Waals surface area contributed by atoms with Crippen LogP contribution in [0.3, 0.4) is 0 Å². The Bertz CT molecular complexity index is 705. The number of nitrogens with zero attached hydrogens (tertiary/aromatic N) is 1. The third-order valence-corrected chi connectivity index (χ3v) is 5.11. The van der Waals surface area contributed by atoms with Crippen molar-refractivity contribution in [3.8, 4) is 0 Å². The van der Waals surface area contributed by atoms with Crippen molar-refractivity contribution in [2.24, 2.45) is 5.92 Å². The van der Waals surface area contributed by atoms with Crippen LogP contribution in [0.2, 0.25) is 0 Å². The van der Waals surface area contributed by atoms with Gasteiger partial charge < -0.3 is 5.32 Å². The van der Waals surface area contributed by atoms with Crippen LogP contribution < -0.4 is 5.32 Å². The second kappa shape index (κ2) is 6.47. The molecule has 0 spiro atoms. The van der Waals surface area contributed by atoms with E-state index < -0.39 is 11.7 Å². The first-order chi connectivity index (χ1) is 10.9. The minimum absolute atomic E-state index is 0.0991. The molecule has 1 aromatic heterocycles. The largest absolute Gasteiger partial charge is 0.418 e. The fraction of sp³-hybridized carbons (Fsp3) is 0.500. The van der Waals surface area contributed by atoms with Crippen molar-refractivity contribution in [3.05, 3.63) is 23.8 Å². The summed E-state index contributed by atoms with van der Waals surface area (Å²) in [5.74, 6) is 0.216. The Labute approximate surface area is 135 Å². The van der Waals surface area contributed by atoms with Crippen LogP contribution in [-0.2, 0) is 11.0 Å². The molecule has 1 heterocycles. The summed E-state index contributed by atoms with van der Waals surface area (Å²) in [7, 11) is 0. The van der Waals surface area contributed by atoms with Crippen LogP contribution in [0.25, 0.3) is 10.2 Å². The molecule has 23 heavy (non-hydrogen) atoms. The lowest BCUT2D eigenvalue weighted by atomic mass is 9.87. The lowest BCUT2D eigenvalue weighted by Gasteiger charge is -2.20. The van der Waals surface area contributed by atoms with Crippen LogP contribution in [0, 0.1) is 5.92 Å². The molecule has 7 heteroatoms. The normalized spacial score (nSPS) is 16.7. The number of hydrogen-bond donors (Lipinski definition) is 1. The fourth-order valence-corrected chi connectivity index (χ4v) is 3.96. The van der Waals surface area contributed by atoms with Crippen LogP contribution in [-0.4, -0.2) is 10.9 Å².